The number of rotatable bonds is 10. The van der Waals surface area contributed by atoms with Crippen LogP contribution in [-0.2, 0) is 32.6 Å². The summed E-state index contributed by atoms with van der Waals surface area (Å²) in [6.07, 6.45) is 1.29. The van der Waals surface area contributed by atoms with Crippen molar-refractivity contribution in [1.29, 1.82) is 0 Å². The van der Waals surface area contributed by atoms with Crippen LogP contribution in [0.15, 0.2) is 66.7 Å². The van der Waals surface area contributed by atoms with E-state index in [1.54, 1.807) is 30.3 Å². The molecule has 3 aromatic rings. The van der Waals surface area contributed by atoms with Crippen LogP contribution in [0, 0.1) is 13.8 Å². The van der Waals surface area contributed by atoms with E-state index in [0.29, 0.717) is 21.3 Å². The average molecular weight is 577 g/mol. The SMILES string of the molecule is CNC(=O)[C@H](Cc1ccccc1)N(Cc1ccc(Cl)c(Cl)c1)C(=O)CN(c1cc(C)cc(C)c1)S(C)(=O)=O. The van der Waals surface area contributed by atoms with E-state index in [9.17, 15) is 18.0 Å². The molecule has 1 atom stereocenters. The molecule has 0 radical (unpaired) electrons. The second kappa shape index (κ2) is 12.7. The van der Waals surface area contributed by atoms with E-state index in [2.05, 4.69) is 5.32 Å². The molecule has 0 saturated heterocycles. The van der Waals surface area contributed by atoms with Crippen molar-refractivity contribution in [3.05, 3.63) is 99.0 Å². The maximum absolute atomic E-state index is 13.9. The molecule has 7 nitrogen and oxygen atoms in total. The summed E-state index contributed by atoms with van der Waals surface area (Å²) in [5.41, 5.74) is 3.60. The molecule has 10 heteroatoms. The van der Waals surface area contributed by atoms with Crippen molar-refractivity contribution in [2.24, 2.45) is 0 Å². The number of hydrogen-bond acceptors (Lipinski definition) is 4. The molecule has 38 heavy (non-hydrogen) atoms. The summed E-state index contributed by atoms with van der Waals surface area (Å²) >= 11 is 12.3. The number of hydrogen-bond donors (Lipinski definition) is 1. The molecule has 1 N–H and O–H groups in total. The number of aryl methyl sites for hydroxylation is 2. The fraction of sp³-hybridized carbons (Fsp3) is 0.286. The molecule has 2 amide bonds. The predicted molar refractivity (Wildman–Crippen MR) is 153 cm³/mol. The summed E-state index contributed by atoms with van der Waals surface area (Å²) in [6.45, 7) is 3.25. The molecule has 3 rings (SSSR count). The van der Waals surface area contributed by atoms with Crippen molar-refractivity contribution in [1.82, 2.24) is 10.2 Å². The number of nitrogens with zero attached hydrogens (tertiary/aromatic N) is 2. The number of benzene rings is 3. The lowest BCUT2D eigenvalue weighted by Crippen LogP contribution is -2.52. The second-order valence-electron chi connectivity index (χ2n) is 9.21. The van der Waals surface area contributed by atoms with E-state index >= 15 is 0 Å². The van der Waals surface area contributed by atoms with E-state index in [-0.39, 0.29) is 18.9 Å². The summed E-state index contributed by atoms with van der Waals surface area (Å²) in [7, 11) is -2.33. The summed E-state index contributed by atoms with van der Waals surface area (Å²) in [4.78, 5) is 28.5. The average Bonchev–Trinajstić information content (AvgIpc) is 2.85. The summed E-state index contributed by atoms with van der Waals surface area (Å²) in [5.74, 6) is -0.912. The van der Waals surface area contributed by atoms with Gasteiger partial charge in [0.15, 0.2) is 0 Å². The molecule has 0 heterocycles. The lowest BCUT2D eigenvalue weighted by atomic mass is 10.0. The lowest BCUT2D eigenvalue weighted by Gasteiger charge is -2.33. The number of likely N-dealkylation sites (N-methyl/N-ethyl adjacent to an activating group) is 1. The summed E-state index contributed by atoms with van der Waals surface area (Å²) in [5, 5.41) is 3.31. The van der Waals surface area contributed by atoms with Gasteiger partial charge in [0.05, 0.1) is 22.0 Å². The summed E-state index contributed by atoms with van der Waals surface area (Å²) < 4.78 is 26.8. The molecule has 202 valence electrons. The Labute approximate surface area is 234 Å². The highest BCUT2D eigenvalue weighted by atomic mass is 35.5. The third-order valence-electron chi connectivity index (χ3n) is 6.03. The van der Waals surface area contributed by atoms with E-state index in [1.165, 1.54) is 11.9 Å². The van der Waals surface area contributed by atoms with E-state index in [0.717, 1.165) is 27.3 Å². The molecule has 0 aliphatic heterocycles. The number of amides is 2. The third-order valence-corrected chi connectivity index (χ3v) is 7.91. The zero-order chi connectivity index (χ0) is 28.0. The third kappa shape index (κ3) is 7.72. The number of halogens is 2. The van der Waals surface area contributed by atoms with Crippen LogP contribution in [0.3, 0.4) is 0 Å². The van der Waals surface area contributed by atoms with E-state index < -0.39 is 28.5 Å². The topological polar surface area (TPSA) is 86.8 Å². The minimum absolute atomic E-state index is 0.0189. The van der Waals surface area contributed by atoms with Gasteiger partial charge in [-0.3, -0.25) is 13.9 Å². The van der Waals surface area contributed by atoms with Gasteiger partial charge in [0, 0.05) is 20.0 Å². The minimum Gasteiger partial charge on any atom is -0.357 e. The van der Waals surface area contributed by atoms with Gasteiger partial charge < -0.3 is 10.2 Å². The van der Waals surface area contributed by atoms with Crippen molar-refractivity contribution < 1.29 is 18.0 Å². The van der Waals surface area contributed by atoms with Crippen LogP contribution < -0.4 is 9.62 Å². The largest absolute Gasteiger partial charge is 0.357 e. The Bertz CT molecular complexity index is 1390. The number of anilines is 1. The van der Waals surface area contributed by atoms with Gasteiger partial charge in [-0.1, -0.05) is 65.7 Å². The van der Waals surface area contributed by atoms with Crippen molar-refractivity contribution >= 4 is 50.7 Å². The second-order valence-corrected chi connectivity index (χ2v) is 11.9. The van der Waals surface area contributed by atoms with Gasteiger partial charge in [-0.15, -0.1) is 0 Å². The highest BCUT2D eigenvalue weighted by Gasteiger charge is 2.32. The van der Waals surface area contributed by atoms with Gasteiger partial charge in [-0.25, -0.2) is 8.42 Å². The summed E-state index contributed by atoms with van der Waals surface area (Å²) in [6, 6.07) is 18.7. The maximum Gasteiger partial charge on any atom is 0.244 e. The standard InChI is InChI=1S/C28H31Cl2N3O4S/c1-19-12-20(2)14-23(13-19)33(38(4,36)37)18-27(34)32(17-22-10-11-24(29)25(30)15-22)26(28(35)31-3)16-21-8-6-5-7-9-21/h5-15,26H,16-18H2,1-4H3,(H,31,35)/t26-/m0/s1. The Morgan fingerprint density at radius 2 is 1.53 bits per heavy atom. The zero-order valence-corrected chi connectivity index (χ0v) is 24.1. The molecule has 3 aromatic carbocycles. The van der Waals surface area contributed by atoms with E-state index in [4.69, 9.17) is 23.2 Å². The van der Waals surface area contributed by atoms with Gasteiger partial charge in [0.2, 0.25) is 21.8 Å². The Morgan fingerprint density at radius 3 is 2.08 bits per heavy atom. The molecule has 0 bridgehead atoms. The molecule has 0 aromatic heterocycles. The fourth-order valence-corrected chi connectivity index (χ4v) is 5.42. The minimum atomic E-state index is -3.83. The first kappa shape index (κ1) is 29.5. The quantitative estimate of drug-likeness (QED) is 0.377. The zero-order valence-electron chi connectivity index (χ0n) is 21.7. The molecule has 0 unspecified atom stereocenters. The first-order chi connectivity index (χ1) is 17.9. The fourth-order valence-electron chi connectivity index (χ4n) is 4.26. The van der Waals surface area contributed by atoms with Crippen LogP contribution in [0.1, 0.15) is 22.3 Å². The Balaban J connectivity index is 2.06. The van der Waals surface area contributed by atoms with Crippen LogP contribution in [0.4, 0.5) is 5.69 Å². The maximum atomic E-state index is 13.9. The van der Waals surface area contributed by atoms with Crippen LogP contribution >= 0.6 is 23.2 Å². The first-order valence-corrected chi connectivity index (χ1v) is 14.5. The van der Waals surface area contributed by atoms with Crippen molar-refractivity contribution in [3.63, 3.8) is 0 Å². The molecular formula is C28H31Cl2N3O4S. The lowest BCUT2D eigenvalue weighted by molar-refractivity contribution is -0.139. The number of nitrogens with one attached hydrogen (secondary N) is 1. The van der Waals surface area contributed by atoms with Crippen LogP contribution in [0.5, 0.6) is 0 Å². The van der Waals surface area contributed by atoms with Gasteiger partial charge in [0.1, 0.15) is 12.6 Å². The number of carbonyl (C=O) groups is 2. The molecule has 0 aliphatic carbocycles. The van der Waals surface area contributed by atoms with Gasteiger partial charge in [0.25, 0.3) is 0 Å². The number of sulfonamides is 1. The normalized spacial score (nSPS) is 12.1. The molecule has 0 spiro atoms. The highest BCUT2D eigenvalue weighted by Crippen LogP contribution is 2.26. The van der Waals surface area contributed by atoms with E-state index in [1.807, 2.05) is 50.2 Å². The predicted octanol–water partition coefficient (Wildman–Crippen LogP) is 4.76. The molecule has 0 aliphatic rings. The molecule has 0 fully saturated rings. The Hall–Kier alpha value is -3.07. The van der Waals surface area contributed by atoms with Crippen LogP contribution in [-0.4, -0.2) is 51.0 Å². The molecular weight excluding hydrogens is 545 g/mol. The van der Waals surface area contributed by atoms with Crippen LogP contribution in [0.25, 0.3) is 0 Å². The van der Waals surface area contributed by atoms with Crippen molar-refractivity contribution in [3.8, 4) is 0 Å². The van der Waals surface area contributed by atoms with Gasteiger partial charge in [-0.2, -0.15) is 0 Å². The molecule has 0 saturated carbocycles. The Morgan fingerprint density at radius 1 is 0.895 bits per heavy atom. The van der Waals surface area contributed by atoms with Crippen LogP contribution in [0.2, 0.25) is 10.0 Å². The van der Waals surface area contributed by atoms with Gasteiger partial charge in [-0.05, 0) is 60.4 Å². The van der Waals surface area contributed by atoms with Gasteiger partial charge >= 0.3 is 0 Å². The first-order valence-electron chi connectivity index (χ1n) is 11.9. The van der Waals surface area contributed by atoms with Crippen molar-refractivity contribution in [2.75, 3.05) is 24.2 Å². The number of carbonyl (C=O) groups excluding carboxylic acids is 2. The van der Waals surface area contributed by atoms with Crippen molar-refractivity contribution in [2.45, 2.75) is 32.9 Å². The highest BCUT2D eigenvalue weighted by molar-refractivity contribution is 7.92. The monoisotopic (exact) mass is 575 g/mol. The smallest absolute Gasteiger partial charge is 0.244 e. The Kier molecular flexibility index (Phi) is 9.82.